The number of amides is 2. The Hall–Kier alpha value is -2.80. The molecule has 1 heterocycles. The second kappa shape index (κ2) is 8.48. The first-order valence-electron chi connectivity index (χ1n) is 8.72. The standard InChI is InChI=1S/C20H23ClN2O5/c1-25-16-10-17(26-2)15(9-14(16)21)22-20(24)23-6-5-12-7-18(27-3)19(28-4)8-13(12)11-23/h7-10H,5-6,11H2,1-4H3,(H,22,24). The van der Waals surface area contributed by atoms with Crippen LogP contribution >= 0.6 is 11.6 Å². The van der Waals surface area contributed by atoms with Gasteiger partial charge in [-0.15, -0.1) is 0 Å². The first-order chi connectivity index (χ1) is 13.5. The highest BCUT2D eigenvalue weighted by molar-refractivity contribution is 6.32. The highest BCUT2D eigenvalue weighted by atomic mass is 35.5. The predicted octanol–water partition coefficient (Wildman–Crippen LogP) is 3.96. The summed E-state index contributed by atoms with van der Waals surface area (Å²) in [6.45, 7) is 1.05. The third-order valence-corrected chi connectivity index (χ3v) is 5.02. The average Bonchev–Trinajstić information content (AvgIpc) is 2.72. The predicted molar refractivity (Wildman–Crippen MR) is 107 cm³/mol. The van der Waals surface area contributed by atoms with Crippen LogP contribution in [-0.2, 0) is 13.0 Å². The second-order valence-corrected chi connectivity index (χ2v) is 6.67. The van der Waals surface area contributed by atoms with Crippen LogP contribution in [0.25, 0.3) is 0 Å². The minimum absolute atomic E-state index is 0.236. The van der Waals surface area contributed by atoms with E-state index in [9.17, 15) is 4.79 Å². The SMILES string of the molecule is COc1cc(OC)c(NC(=O)N2CCc3cc(OC)c(OC)cc3C2)cc1Cl. The molecule has 0 spiro atoms. The molecule has 0 atom stereocenters. The number of nitrogens with zero attached hydrogens (tertiary/aromatic N) is 1. The minimum Gasteiger partial charge on any atom is -0.495 e. The van der Waals surface area contributed by atoms with Crippen LogP contribution in [-0.4, -0.2) is 45.9 Å². The van der Waals surface area contributed by atoms with E-state index in [2.05, 4.69) is 5.32 Å². The van der Waals surface area contributed by atoms with Gasteiger partial charge in [0.2, 0.25) is 0 Å². The van der Waals surface area contributed by atoms with Gasteiger partial charge in [0.25, 0.3) is 0 Å². The normalized spacial score (nSPS) is 12.8. The topological polar surface area (TPSA) is 69.3 Å². The lowest BCUT2D eigenvalue weighted by Gasteiger charge is -2.30. The Kier molecular flexibility index (Phi) is 6.04. The van der Waals surface area contributed by atoms with Crippen LogP contribution in [0.5, 0.6) is 23.0 Å². The Balaban J connectivity index is 1.79. The summed E-state index contributed by atoms with van der Waals surface area (Å²) in [4.78, 5) is 14.5. The molecule has 7 nitrogen and oxygen atoms in total. The number of nitrogens with one attached hydrogen (secondary N) is 1. The smallest absolute Gasteiger partial charge is 0.322 e. The van der Waals surface area contributed by atoms with Crippen molar-refractivity contribution in [3.8, 4) is 23.0 Å². The quantitative estimate of drug-likeness (QED) is 0.813. The number of ether oxygens (including phenoxy) is 4. The van der Waals surface area contributed by atoms with Gasteiger partial charge < -0.3 is 29.2 Å². The molecule has 0 unspecified atom stereocenters. The monoisotopic (exact) mass is 406 g/mol. The van der Waals surface area contributed by atoms with Crippen LogP contribution in [0.1, 0.15) is 11.1 Å². The highest BCUT2D eigenvalue weighted by Crippen LogP contribution is 2.37. The molecule has 3 rings (SSSR count). The van der Waals surface area contributed by atoms with Gasteiger partial charge in [-0.25, -0.2) is 4.79 Å². The Bertz CT molecular complexity index is 887. The number of urea groups is 1. The average molecular weight is 407 g/mol. The number of hydrogen-bond acceptors (Lipinski definition) is 5. The Morgan fingerprint density at radius 2 is 1.50 bits per heavy atom. The van der Waals surface area contributed by atoms with Crippen molar-refractivity contribution in [3.63, 3.8) is 0 Å². The lowest BCUT2D eigenvalue weighted by atomic mass is 9.99. The fourth-order valence-corrected chi connectivity index (χ4v) is 3.45. The van der Waals surface area contributed by atoms with E-state index in [0.29, 0.717) is 46.8 Å². The van der Waals surface area contributed by atoms with Crippen molar-refractivity contribution in [1.29, 1.82) is 0 Å². The fraction of sp³-hybridized carbons (Fsp3) is 0.350. The van der Waals surface area contributed by atoms with Gasteiger partial charge in [-0.2, -0.15) is 0 Å². The van der Waals surface area contributed by atoms with E-state index >= 15 is 0 Å². The maximum atomic E-state index is 12.8. The van der Waals surface area contributed by atoms with E-state index in [0.717, 1.165) is 17.5 Å². The van der Waals surface area contributed by atoms with Crippen molar-refractivity contribution in [2.24, 2.45) is 0 Å². The highest BCUT2D eigenvalue weighted by Gasteiger charge is 2.24. The minimum atomic E-state index is -0.236. The number of benzene rings is 2. The molecular weight excluding hydrogens is 384 g/mol. The van der Waals surface area contributed by atoms with Gasteiger partial charge in [0.05, 0.1) is 39.1 Å². The molecule has 0 fully saturated rings. The molecule has 2 aromatic rings. The molecule has 150 valence electrons. The second-order valence-electron chi connectivity index (χ2n) is 6.26. The number of carbonyl (C=O) groups excluding carboxylic acids is 1. The number of hydrogen-bond donors (Lipinski definition) is 1. The van der Waals surface area contributed by atoms with Crippen LogP contribution < -0.4 is 24.3 Å². The zero-order chi connectivity index (χ0) is 20.3. The number of anilines is 1. The van der Waals surface area contributed by atoms with Crippen molar-refractivity contribution in [2.45, 2.75) is 13.0 Å². The summed E-state index contributed by atoms with van der Waals surface area (Å²) in [6, 6.07) is 6.90. The van der Waals surface area contributed by atoms with Crippen molar-refractivity contribution in [3.05, 3.63) is 40.4 Å². The molecule has 0 aliphatic carbocycles. The molecule has 0 saturated heterocycles. The van der Waals surface area contributed by atoms with Crippen LogP contribution in [0, 0.1) is 0 Å². The van der Waals surface area contributed by atoms with Crippen LogP contribution in [0.3, 0.4) is 0 Å². The first kappa shape index (κ1) is 19.9. The van der Waals surface area contributed by atoms with Gasteiger partial charge in [0.15, 0.2) is 11.5 Å². The van der Waals surface area contributed by atoms with Gasteiger partial charge in [-0.05, 0) is 35.7 Å². The molecule has 1 N–H and O–H groups in total. The van der Waals surface area contributed by atoms with E-state index in [-0.39, 0.29) is 6.03 Å². The third-order valence-electron chi connectivity index (χ3n) is 4.72. The summed E-state index contributed by atoms with van der Waals surface area (Å²) in [5.41, 5.74) is 2.65. The number of carbonyl (C=O) groups is 1. The summed E-state index contributed by atoms with van der Waals surface area (Å²) < 4.78 is 21.3. The molecule has 28 heavy (non-hydrogen) atoms. The molecule has 1 aliphatic heterocycles. The van der Waals surface area contributed by atoms with Crippen molar-refractivity contribution in [2.75, 3.05) is 40.3 Å². The summed E-state index contributed by atoms with van der Waals surface area (Å²) in [5, 5.41) is 3.26. The Labute approximate surface area is 169 Å². The van der Waals surface area contributed by atoms with Crippen LogP contribution in [0.15, 0.2) is 24.3 Å². The molecule has 0 aromatic heterocycles. The van der Waals surface area contributed by atoms with E-state index in [1.54, 1.807) is 31.3 Å². The number of fused-ring (bicyclic) bond motifs is 1. The summed E-state index contributed by atoms with van der Waals surface area (Å²) in [6.07, 6.45) is 0.726. The van der Waals surface area contributed by atoms with Gasteiger partial charge >= 0.3 is 6.03 Å². The lowest BCUT2D eigenvalue weighted by Crippen LogP contribution is -2.39. The van der Waals surface area contributed by atoms with Crippen LogP contribution in [0.4, 0.5) is 10.5 Å². The zero-order valence-corrected chi connectivity index (χ0v) is 17.1. The lowest BCUT2D eigenvalue weighted by molar-refractivity contribution is 0.206. The summed E-state index contributed by atoms with van der Waals surface area (Å²) in [7, 11) is 6.25. The van der Waals surface area contributed by atoms with Gasteiger partial charge in [0.1, 0.15) is 11.5 Å². The molecule has 0 radical (unpaired) electrons. The molecule has 2 amide bonds. The third kappa shape index (κ3) is 3.89. The van der Waals surface area contributed by atoms with Gasteiger partial charge in [-0.1, -0.05) is 11.6 Å². The van der Waals surface area contributed by atoms with Crippen LogP contribution in [0.2, 0.25) is 5.02 Å². The van der Waals surface area contributed by atoms with E-state index in [1.165, 1.54) is 14.2 Å². The fourth-order valence-electron chi connectivity index (χ4n) is 3.21. The zero-order valence-electron chi connectivity index (χ0n) is 16.3. The van der Waals surface area contributed by atoms with Crippen molar-refractivity contribution in [1.82, 2.24) is 4.90 Å². The summed E-state index contributed by atoms with van der Waals surface area (Å²) in [5.74, 6) is 2.28. The largest absolute Gasteiger partial charge is 0.495 e. The van der Waals surface area contributed by atoms with E-state index in [4.69, 9.17) is 30.5 Å². The number of methoxy groups -OCH3 is 4. The Morgan fingerprint density at radius 3 is 2.11 bits per heavy atom. The maximum Gasteiger partial charge on any atom is 0.322 e. The molecule has 2 aromatic carbocycles. The number of halogens is 1. The molecule has 0 saturated carbocycles. The molecular formula is C20H23ClN2O5. The first-order valence-corrected chi connectivity index (χ1v) is 9.09. The molecule has 1 aliphatic rings. The Morgan fingerprint density at radius 1 is 0.893 bits per heavy atom. The molecule has 8 heteroatoms. The van der Waals surface area contributed by atoms with Crippen molar-refractivity contribution < 1.29 is 23.7 Å². The molecule has 0 bridgehead atoms. The van der Waals surface area contributed by atoms with Gasteiger partial charge in [0, 0.05) is 19.2 Å². The number of rotatable bonds is 5. The van der Waals surface area contributed by atoms with Crippen molar-refractivity contribution >= 4 is 23.3 Å². The van der Waals surface area contributed by atoms with E-state index < -0.39 is 0 Å². The summed E-state index contributed by atoms with van der Waals surface area (Å²) >= 11 is 6.19. The van der Waals surface area contributed by atoms with E-state index in [1.807, 2.05) is 12.1 Å². The maximum absolute atomic E-state index is 12.8. The van der Waals surface area contributed by atoms with Gasteiger partial charge in [-0.3, -0.25) is 0 Å².